The standard InChI is InChI=1S/C22H44O11/c1-2-3-4-25-5-6-26-7-8-27-9-10-28-11-12-29-13-14-30-15-16-31-17-18-32-19-20-33-21-22(23)24/h2-21H2,1H3,(H,23,24). The van der Waals surface area contributed by atoms with Crippen molar-refractivity contribution in [2.45, 2.75) is 19.8 Å². The second-order valence-electron chi connectivity index (χ2n) is 6.70. The first kappa shape index (κ1) is 32.1. The van der Waals surface area contributed by atoms with Crippen LogP contribution in [0.2, 0.25) is 0 Å². The molecular formula is C22H44O11. The topological polar surface area (TPSA) is 120 Å². The van der Waals surface area contributed by atoms with Gasteiger partial charge in [-0.05, 0) is 6.42 Å². The Balaban J connectivity index is 3.01. The van der Waals surface area contributed by atoms with Crippen LogP contribution in [0.3, 0.4) is 0 Å². The van der Waals surface area contributed by atoms with E-state index in [0.29, 0.717) is 99.1 Å². The molecule has 0 unspecified atom stereocenters. The summed E-state index contributed by atoms with van der Waals surface area (Å²) in [6, 6.07) is 0. The van der Waals surface area contributed by atoms with Crippen LogP contribution in [0.4, 0.5) is 0 Å². The Morgan fingerprint density at radius 3 is 0.939 bits per heavy atom. The molecule has 0 spiro atoms. The van der Waals surface area contributed by atoms with E-state index in [0.717, 1.165) is 19.4 Å². The van der Waals surface area contributed by atoms with Crippen molar-refractivity contribution >= 4 is 5.97 Å². The van der Waals surface area contributed by atoms with E-state index in [1.54, 1.807) is 0 Å². The molecule has 198 valence electrons. The van der Waals surface area contributed by atoms with Crippen molar-refractivity contribution in [2.24, 2.45) is 0 Å². The second-order valence-corrected chi connectivity index (χ2v) is 6.70. The predicted molar refractivity (Wildman–Crippen MR) is 120 cm³/mol. The molecule has 0 rings (SSSR count). The van der Waals surface area contributed by atoms with Crippen LogP contribution in [0.25, 0.3) is 0 Å². The van der Waals surface area contributed by atoms with E-state index in [1.165, 1.54) is 0 Å². The molecule has 0 aliphatic carbocycles. The number of unbranched alkanes of at least 4 members (excludes halogenated alkanes) is 1. The van der Waals surface area contributed by atoms with Gasteiger partial charge in [0.1, 0.15) is 6.61 Å². The fraction of sp³-hybridized carbons (Fsp3) is 0.955. The molecule has 0 saturated carbocycles. The Hall–Kier alpha value is -0.890. The van der Waals surface area contributed by atoms with Gasteiger partial charge in [-0.25, -0.2) is 4.79 Å². The van der Waals surface area contributed by atoms with Crippen LogP contribution in [0.5, 0.6) is 0 Å². The molecule has 0 heterocycles. The predicted octanol–water partition coefficient (Wildman–Crippen LogP) is 1.02. The lowest BCUT2D eigenvalue weighted by Crippen LogP contribution is -2.15. The number of carbonyl (C=O) groups is 1. The van der Waals surface area contributed by atoms with Gasteiger partial charge < -0.3 is 47.7 Å². The molecule has 0 aliphatic heterocycles. The fourth-order valence-electron chi connectivity index (χ4n) is 2.17. The van der Waals surface area contributed by atoms with Crippen LogP contribution in [-0.2, 0) is 47.4 Å². The number of hydrogen-bond donors (Lipinski definition) is 1. The van der Waals surface area contributed by atoms with E-state index in [4.69, 9.17) is 47.7 Å². The maximum absolute atomic E-state index is 10.2. The van der Waals surface area contributed by atoms with Gasteiger partial charge in [0, 0.05) is 6.61 Å². The average molecular weight is 485 g/mol. The van der Waals surface area contributed by atoms with Crippen molar-refractivity contribution in [3.63, 3.8) is 0 Å². The van der Waals surface area contributed by atoms with Crippen LogP contribution in [-0.4, -0.2) is 130 Å². The van der Waals surface area contributed by atoms with Crippen LogP contribution in [0.1, 0.15) is 19.8 Å². The quantitative estimate of drug-likeness (QED) is 0.153. The van der Waals surface area contributed by atoms with Crippen LogP contribution >= 0.6 is 0 Å². The van der Waals surface area contributed by atoms with Gasteiger partial charge in [0.25, 0.3) is 0 Å². The van der Waals surface area contributed by atoms with Gasteiger partial charge in [-0.1, -0.05) is 13.3 Å². The van der Waals surface area contributed by atoms with Crippen molar-refractivity contribution in [3.8, 4) is 0 Å². The smallest absolute Gasteiger partial charge is 0.329 e. The molecule has 0 amide bonds. The van der Waals surface area contributed by atoms with E-state index >= 15 is 0 Å². The number of hydrogen-bond acceptors (Lipinski definition) is 10. The van der Waals surface area contributed by atoms with Crippen molar-refractivity contribution in [1.29, 1.82) is 0 Å². The van der Waals surface area contributed by atoms with Gasteiger partial charge in [0.05, 0.1) is 106 Å². The molecular weight excluding hydrogens is 440 g/mol. The molecule has 0 fully saturated rings. The first-order chi connectivity index (χ1) is 16.3. The van der Waals surface area contributed by atoms with Gasteiger partial charge in [-0.3, -0.25) is 0 Å². The minimum Gasteiger partial charge on any atom is -0.480 e. The zero-order valence-electron chi connectivity index (χ0n) is 20.2. The molecule has 0 aromatic rings. The summed E-state index contributed by atoms with van der Waals surface area (Å²) in [7, 11) is 0. The highest BCUT2D eigenvalue weighted by molar-refractivity contribution is 5.67. The van der Waals surface area contributed by atoms with Gasteiger partial charge in [0.15, 0.2) is 0 Å². The van der Waals surface area contributed by atoms with Crippen molar-refractivity contribution < 1.29 is 52.5 Å². The van der Waals surface area contributed by atoms with E-state index < -0.39 is 5.97 Å². The minimum atomic E-state index is -0.990. The molecule has 11 heteroatoms. The molecule has 0 atom stereocenters. The normalized spacial score (nSPS) is 11.3. The van der Waals surface area contributed by atoms with Crippen LogP contribution in [0, 0.1) is 0 Å². The molecule has 1 N–H and O–H groups in total. The third kappa shape index (κ3) is 31.1. The summed E-state index contributed by atoms with van der Waals surface area (Å²) in [5, 5.41) is 8.39. The van der Waals surface area contributed by atoms with E-state index in [1.807, 2.05) is 0 Å². The Kier molecular flexibility index (Phi) is 28.4. The number of aliphatic carboxylic acids is 1. The summed E-state index contributed by atoms with van der Waals surface area (Å²) in [4.78, 5) is 10.2. The zero-order valence-corrected chi connectivity index (χ0v) is 20.2. The maximum Gasteiger partial charge on any atom is 0.329 e. The zero-order chi connectivity index (χ0) is 24.1. The van der Waals surface area contributed by atoms with Crippen molar-refractivity contribution in [1.82, 2.24) is 0 Å². The maximum atomic E-state index is 10.2. The minimum absolute atomic E-state index is 0.250. The van der Waals surface area contributed by atoms with Crippen molar-refractivity contribution in [3.05, 3.63) is 0 Å². The van der Waals surface area contributed by atoms with E-state index in [9.17, 15) is 4.79 Å². The summed E-state index contributed by atoms with van der Waals surface area (Å²) in [5.74, 6) is -0.990. The van der Waals surface area contributed by atoms with Crippen LogP contribution < -0.4 is 0 Å². The average Bonchev–Trinajstić information content (AvgIpc) is 2.80. The molecule has 0 aromatic carbocycles. The van der Waals surface area contributed by atoms with Gasteiger partial charge in [-0.15, -0.1) is 0 Å². The largest absolute Gasteiger partial charge is 0.480 e. The van der Waals surface area contributed by atoms with Gasteiger partial charge in [-0.2, -0.15) is 0 Å². The second kappa shape index (κ2) is 29.1. The number of carboxylic acids is 1. The SMILES string of the molecule is CCCCOCCOCCOCCOCCOCCOCCOCCOCCOCC(=O)O. The summed E-state index contributed by atoms with van der Waals surface area (Å²) in [5.41, 5.74) is 0. The lowest BCUT2D eigenvalue weighted by molar-refractivity contribution is -0.142. The Morgan fingerprint density at radius 1 is 0.455 bits per heavy atom. The number of rotatable bonds is 29. The molecule has 0 aromatic heterocycles. The summed E-state index contributed by atoms with van der Waals surface area (Å²) < 4.78 is 47.9. The summed E-state index contributed by atoms with van der Waals surface area (Å²) >= 11 is 0. The summed E-state index contributed by atoms with van der Waals surface area (Å²) in [6.45, 7) is 10.4. The molecule has 0 bridgehead atoms. The molecule has 0 saturated heterocycles. The van der Waals surface area contributed by atoms with Crippen molar-refractivity contribution in [2.75, 3.05) is 119 Å². The molecule has 33 heavy (non-hydrogen) atoms. The third-order valence-corrected chi connectivity index (χ3v) is 3.84. The molecule has 0 aliphatic rings. The summed E-state index contributed by atoms with van der Waals surface area (Å²) in [6.07, 6.45) is 2.23. The highest BCUT2D eigenvalue weighted by Gasteiger charge is 1.97. The van der Waals surface area contributed by atoms with Gasteiger partial charge in [0.2, 0.25) is 0 Å². The first-order valence-electron chi connectivity index (χ1n) is 11.7. The lowest BCUT2D eigenvalue weighted by Gasteiger charge is -2.08. The highest BCUT2D eigenvalue weighted by atomic mass is 16.6. The third-order valence-electron chi connectivity index (χ3n) is 3.84. The first-order valence-corrected chi connectivity index (χ1v) is 11.7. The molecule has 11 nitrogen and oxygen atoms in total. The fourth-order valence-corrected chi connectivity index (χ4v) is 2.17. The highest BCUT2D eigenvalue weighted by Crippen LogP contribution is 1.88. The van der Waals surface area contributed by atoms with Crippen LogP contribution in [0.15, 0.2) is 0 Å². The Bertz CT molecular complexity index is 385. The number of carboxylic acid groups (broad SMARTS) is 1. The Labute approximate surface area is 197 Å². The molecule has 0 radical (unpaired) electrons. The van der Waals surface area contributed by atoms with E-state index in [-0.39, 0.29) is 13.2 Å². The Morgan fingerprint density at radius 2 is 0.697 bits per heavy atom. The van der Waals surface area contributed by atoms with Gasteiger partial charge >= 0.3 is 5.97 Å². The number of ether oxygens (including phenoxy) is 9. The van der Waals surface area contributed by atoms with E-state index in [2.05, 4.69) is 6.92 Å². The lowest BCUT2D eigenvalue weighted by atomic mass is 10.4. The monoisotopic (exact) mass is 484 g/mol.